The fourth-order valence-electron chi connectivity index (χ4n) is 2.03. The van der Waals surface area contributed by atoms with Gasteiger partial charge in [-0.15, -0.1) is 0 Å². The monoisotopic (exact) mass is 262 g/mol. The molecule has 5 heteroatoms. The summed E-state index contributed by atoms with van der Waals surface area (Å²) in [6.07, 6.45) is 2.11. The van der Waals surface area contributed by atoms with E-state index < -0.39 is 24.0 Å². The van der Waals surface area contributed by atoms with Gasteiger partial charge in [-0.3, -0.25) is 4.79 Å². The molecule has 1 aromatic rings. The van der Waals surface area contributed by atoms with E-state index in [0.717, 1.165) is 18.4 Å². The lowest BCUT2D eigenvalue weighted by molar-refractivity contribution is -0.142. The molecular weight excluding hydrogens is 244 g/mol. The van der Waals surface area contributed by atoms with Crippen molar-refractivity contribution in [3.63, 3.8) is 0 Å². The Morgan fingerprint density at radius 1 is 1.32 bits per heavy atom. The second-order valence-electron chi connectivity index (χ2n) is 4.96. The van der Waals surface area contributed by atoms with Gasteiger partial charge in [0.05, 0.1) is 6.04 Å². The Bertz CT molecular complexity index is 457. The molecule has 0 bridgehead atoms. The van der Waals surface area contributed by atoms with E-state index >= 15 is 0 Å². The minimum absolute atomic E-state index is 0.0605. The van der Waals surface area contributed by atoms with Crippen molar-refractivity contribution in [1.29, 1.82) is 0 Å². The van der Waals surface area contributed by atoms with Crippen LogP contribution in [0.1, 0.15) is 18.4 Å². The summed E-state index contributed by atoms with van der Waals surface area (Å²) in [6, 6.07) is 7.92. The maximum Gasteiger partial charge on any atom is 0.326 e. The van der Waals surface area contributed by atoms with Crippen molar-refractivity contribution in [3.8, 4) is 0 Å². The van der Waals surface area contributed by atoms with Crippen molar-refractivity contribution >= 4 is 11.9 Å². The topological polar surface area (TPSA) is 92.4 Å². The van der Waals surface area contributed by atoms with Crippen LogP contribution >= 0.6 is 0 Å². The number of hydrogen-bond donors (Lipinski definition) is 3. The van der Waals surface area contributed by atoms with Crippen LogP contribution < -0.4 is 11.1 Å². The molecule has 0 saturated heterocycles. The number of rotatable bonds is 6. The molecule has 1 amide bonds. The van der Waals surface area contributed by atoms with E-state index in [1.165, 1.54) is 0 Å². The van der Waals surface area contributed by atoms with Crippen LogP contribution in [-0.2, 0) is 16.0 Å². The molecule has 1 aromatic carbocycles. The molecule has 1 fully saturated rings. The summed E-state index contributed by atoms with van der Waals surface area (Å²) >= 11 is 0. The summed E-state index contributed by atoms with van der Waals surface area (Å²) in [5, 5.41) is 11.6. The average molecular weight is 262 g/mol. The van der Waals surface area contributed by atoms with E-state index in [2.05, 4.69) is 5.32 Å². The molecule has 102 valence electrons. The predicted octanol–water partition coefficient (Wildman–Crippen LogP) is 0.536. The van der Waals surface area contributed by atoms with E-state index in [4.69, 9.17) is 10.8 Å². The van der Waals surface area contributed by atoms with Crippen LogP contribution in [-0.4, -0.2) is 29.1 Å². The van der Waals surface area contributed by atoms with Gasteiger partial charge in [-0.1, -0.05) is 30.3 Å². The van der Waals surface area contributed by atoms with Crippen LogP contribution in [0.15, 0.2) is 30.3 Å². The Labute approximate surface area is 111 Å². The number of carbonyl (C=O) groups is 2. The second-order valence-corrected chi connectivity index (χ2v) is 4.96. The third-order valence-electron chi connectivity index (χ3n) is 3.29. The molecule has 0 spiro atoms. The van der Waals surface area contributed by atoms with Crippen LogP contribution in [0.3, 0.4) is 0 Å². The van der Waals surface area contributed by atoms with E-state index in [0.29, 0.717) is 6.42 Å². The van der Waals surface area contributed by atoms with Crippen molar-refractivity contribution in [2.75, 3.05) is 0 Å². The molecule has 1 unspecified atom stereocenters. The zero-order valence-corrected chi connectivity index (χ0v) is 10.6. The lowest BCUT2D eigenvalue weighted by Gasteiger charge is -2.17. The minimum atomic E-state index is -0.984. The number of benzene rings is 1. The normalized spacial score (nSPS) is 17.5. The number of amides is 1. The number of carbonyl (C=O) groups excluding carboxylic acids is 1. The molecule has 1 saturated carbocycles. The molecule has 0 aliphatic heterocycles. The zero-order chi connectivity index (χ0) is 13.8. The molecule has 0 radical (unpaired) electrons. The molecule has 2 rings (SSSR count). The van der Waals surface area contributed by atoms with Crippen LogP contribution in [0.2, 0.25) is 0 Å². The highest BCUT2D eigenvalue weighted by atomic mass is 16.4. The molecule has 1 aliphatic carbocycles. The Morgan fingerprint density at radius 2 is 1.95 bits per heavy atom. The molecule has 1 aliphatic rings. The van der Waals surface area contributed by atoms with Gasteiger partial charge < -0.3 is 16.2 Å². The number of aliphatic carboxylic acids is 1. The van der Waals surface area contributed by atoms with E-state index in [9.17, 15) is 9.59 Å². The fourth-order valence-corrected chi connectivity index (χ4v) is 2.03. The van der Waals surface area contributed by atoms with Crippen molar-refractivity contribution < 1.29 is 14.7 Å². The Morgan fingerprint density at radius 3 is 2.47 bits per heavy atom. The van der Waals surface area contributed by atoms with E-state index in [1.54, 1.807) is 0 Å². The Hall–Kier alpha value is -1.88. The van der Waals surface area contributed by atoms with E-state index in [-0.39, 0.29) is 5.92 Å². The first-order valence-electron chi connectivity index (χ1n) is 6.40. The smallest absolute Gasteiger partial charge is 0.326 e. The first-order valence-corrected chi connectivity index (χ1v) is 6.40. The maximum absolute atomic E-state index is 11.9. The van der Waals surface area contributed by atoms with Crippen LogP contribution in [0.25, 0.3) is 0 Å². The second kappa shape index (κ2) is 5.84. The lowest BCUT2D eigenvalue weighted by atomic mass is 10.1. The van der Waals surface area contributed by atoms with Gasteiger partial charge in [0.25, 0.3) is 0 Å². The molecule has 5 nitrogen and oxygen atoms in total. The fraction of sp³-hybridized carbons (Fsp3) is 0.429. The Balaban J connectivity index is 1.90. The summed E-state index contributed by atoms with van der Waals surface area (Å²) in [6.45, 7) is 0. The number of carboxylic acid groups (broad SMARTS) is 1. The molecule has 0 aromatic heterocycles. The van der Waals surface area contributed by atoms with Crippen LogP contribution in [0.4, 0.5) is 0 Å². The zero-order valence-electron chi connectivity index (χ0n) is 10.6. The van der Waals surface area contributed by atoms with Gasteiger partial charge in [0.2, 0.25) is 5.91 Å². The van der Waals surface area contributed by atoms with Gasteiger partial charge in [0.15, 0.2) is 0 Å². The highest BCUT2D eigenvalue weighted by Gasteiger charge is 2.37. The highest BCUT2D eigenvalue weighted by Crippen LogP contribution is 2.32. The van der Waals surface area contributed by atoms with Crippen LogP contribution in [0, 0.1) is 5.92 Å². The SMILES string of the molecule is N[C@@H](Cc1ccccc1)C(=O)NC(C(=O)O)C1CC1. The number of hydrogen-bond acceptors (Lipinski definition) is 3. The summed E-state index contributed by atoms with van der Waals surface area (Å²) in [4.78, 5) is 22.9. The minimum Gasteiger partial charge on any atom is -0.480 e. The molecule has 2 atom stereocenters. The highest BCUT2D eigenvalue weighted by molar-refractivity contribution is 5.87. The predicted molar refractivity (Wildman–Crippen MR) is 70.4 cm³/mol. The van der Waals surface area contributed by atoms with Gasteiger partial charge in [0.1, 0.15) is 6.04 Å². The average Bonchev–Trinajstić information content (AvgIpc) is 3.20. The van der Waals surface area contributed by atoms with Gasteiger partial charge in [-0.2, -0.15) is 0 Å². The van der Waals surface area contributed by atoms with Crippen molar-refractivity contribution in [2.45, 2.75) is 31.3 Å². The van der Waals surface area contributed by atoms with E-state index in [1.807, 2.05) is 30.3 Å². The van der Waals surface area contributed by atoms with Gasteiger partial charge >= 0.3 is 5.97 Å². The maximum atomic E-state index is 11.9. The van der Waals surface area contributed by atoms with Gasteiger partial charge in [-0.25, -0.2) is 4.79 Å². The largest absolute Gasteiger partial charge is 0.480 e. The standard InChI is InChI=1S/C14H18N2O3/c15-11(8-9-4-2-1-3-5-9)13(17)16-12(14(18)19)10-6-7-10/h1-5,10-12H,6-8,15H2,(H,16,17)(H,18,19)/t11-,12?/m0/s1. The third-order valence-corrected chi connectivity index (χ3v) is 3.29. The summed E-state index contributed by atoms with van der Waals surface area (Å²) < 4.78 is 0. The lowest BCUT2D eigenvalue weighted by Crippen LogP contribution is -2.50. The third kappa shape index (κ3) is 3.79. The molecule has 19 heavy (non-hydrogen) atoms. The summed E-state index contributed by atoms with van der Waals surface area (Å²) in [5.74, 6) is -1.32. The quantitative estimate of drug-likeness (QED) is 0.697. The summed E-state index contributed by atoms with van der Waals surface area (Å²) in [5.41, 5.74) is 6.77. The molecule has 4 N–H and O–H groups in total. The number of nitrogens with one attached hydrogen (secondary N) is 1. The van der Waals surface area contributed by atoms with Crippen LogP contribution in [0.5, 0.6) is 0 Å². The molecule has 0 heterocycles. The van der Waals surface area contributed by atoms with Crippen molar-refractivity contribution in [2.24, 2.45) is 11.7 Å². The van der Waals surface area contributed by atoms with Crippen molar-refractivity contribution in [3.05, 3.63) is 35.9 Å². The Kier molecular flexibility index (Phi) is 4.16. The van der Waals surface area contributed by atoms with Gasteiger partial charge in [0, 0.05) is 0 Å². The number of carboxylic acids is 1. The van der Waals surface area contributed by atoms with Crippen molar-refractivity contribution in [1.82, 2.24) is 5.32 Å². The number of nitrogens with two attached hydrogens (primary N) is 1. The van der Waals surface area contributed by atoms with Gasteiger partial charge in [-0.05, 0) is 30.7 Å². The summed E-state index contributed by atoms with van der Waals surface area (Å²) in [7, 11) is 0. The first kappa shape index (κ1) is 13.5. The first-order chi connectivity index (χ1) is 9.08. The molecular formula is C14H18N2O3.